The molecule has 9 nitrogen and oxygen atoms in total. The summed E-state index contributed by atoms with van der Waals surface area (Å²) in [5, 5.41) is 1.13. The number of H-pyrrole nitrogens is 2. The van der Waals surface area contributed by atoms with Gasteiger partial charge in [0.1, 0.15) is 5.82 Å². The predicted octanol–water partition coefficient (Wildman–Crippen LogP) is 2.95. The molecule has 2 N–H and O–H groups in total. The van der Waals surface area contributed by atoms with Gasteiger partial charge in [-0.1, -0.05) is 12.1 Å². The van der Waals surface area contributed by atoms with Crippen LogP contribution in [-0.4, -0.2) is 77.0 Å². The number of aromatic amines is 2. The Balaban J connectivity index is 1.51. The van der Waals surface area contributed by atoms with Crippen molar-refractivity contribution in [1.82, 2.24) is 24.9 Å². The molecule has 1 atom stereocenters. The summed E-state index contributed by atoms with van der Waals surface area (Å²) in [6.45, 7) is 7.45. The number of rotatable bonds is 3. The molecule has 0 radical (unpaired) electrons. The first-order valence-electron chi connectivity index (χ1n) is 11.3. The molecule has 9 heteroatoms. The number of fused-ring (bicyclic) bond motifs is 2. The number of imidazole rings is 1. The topological polar surface area (TPSA) is 95.2 Å². The van der Waals surface area contributed by atoms with Gasteiger partial charge < -0.3 is 29.2 Å². The number of aromatic nitrogens is 5. The minimum atomic E-state index is 0.218. The van der Waals surface area contributed by atoms with Crippen LogP contribution < -0.4 is 9.80 Å². The first-order valence-corrected chi connectivity index (χ1v) is 11.3. The first kappa shape index (κ1) is 19.5. The Labute approximate surface area is 185 Å². The molecule has 2 aliphatic heterocycles. The Kier molecular flexibility index (Phi) is 4.92. The van der Waals surface area contributed by atoms with Crippen molar-refractivity contribution >= 4 is 33.8 Å². The highest BCUT2D eigenvalue weighted by Crippen LogP contribution is 2.32. The monoisotopic (exact) mass is 433 g/mol. The molecule has 0 aliphatic carbocycles. The fourth-order valence-electron chi connectivity index (χ4n) is 4.62. The van der Waals surface area contributed by atoms with Gasteiger partial charge in [0.05, 0.1) is 25.9 Å². The molecule has 4 aromatic rings. The van der Waals surface area contributed by atoms with E-state index in [9.17, 15) is 0 Å². The quantitative estimate of drug-likeness (QED) is 0.513. The van der Waals surface area contributed by atoms with Gasteiger partial charge in [-0.3, -0.25) is 0 Å². The minimum absolute atomic E-state index is 0.218. The van der Waals surface area contributed by atoms with Crippen molar-refractivity contribution in [2.45, 2.75) is 19.4 Å². The highest BCUT2D eigenvalue weighted by molar-refractivity contribution is 5.96. The molecular weight excluding hydrogens is 406 g/mol. The fourth-order valence-corrected chi connectivity index (χ4v) is 4.62. The van der Waals surface area contributed by atoms with E-state index in [2.05, 4.69) is 44.9 Å². The molecule has 0 unspecified atom stereocenters. The third kappa shape index (κ3) is 3.37. The third-order valence-corrected chi connectivity index (χ3v) is 6.31. The number of anilines is 2. The van der Waals surface area contributed by atoms with Gasteiger partial charge >= 0.3 is 0 Å². The van der Waals surface area contributed by atoms with Gasteiger partial charge in [0.15, 0.2) is 17.0 Å². The number of morpholine rings is 1. The second kappa shape index (κ2) is 8.07. The summed E-state index contributed by atoms with van der Waals surface area (Å²) in [5.41, 5.74) is 3.70. The number of hydrogen-bond donors (Lipinski definition) is 2. The number of benzene rings is 1. The van der Waals surface area contributed by atoms with Crippen molar-refractivity contribution in [3.8, 4) is 11.4 Å². The fraction of sp³-hybridized carbons (Fsp3) is 0.435. The lowest BCUT2D eigenvalue weighted by Crippen LogP contribution is -2.44. The van der Waals surface area contributed by atoms with Crippen LogP contribution in [0.5, 0.6) is 0 Å². The standard InChI is InChI=1S/C23H27N7O2/c1-15-14-32-13-10-30(15)22-19-21(27-23(28-22)29-8-3-11-31-12-9-29)26-20(25-19)17-4-2-5-18-16(17)6-7-24-18/h2,4-7,15,24H,3,8-14H2,1H3,(H,25,26,27,28)/t15-/m1/s1. The maximum absolute atomic E-state index is 5.68. The molecule has 2 aliphatic rings. The van der Waals surface area contributed by atoms with Crippen LogP contribution in [0.1, 0.15) is 13.3 Å². The van der Waals surface area contributed by atoms with Gasteiger partial charge in [-0.25, -0.2) is 4.98 Å². The molecule has 0 spiro atoms. The van der Waals surface area contributed by atoms with E-state index < -0.39 is 0 Å². The number of hydrogen-bond acceptors (Lipinski definition) is 7. The molecule has 0 amide bonds. The summed E-state index contributed by atoms with van der Waals surface area (Å²) in [6, 6.07) is 8.50. The Morgan fingerprint density at radius 3 is 2.88 bits per heavy atom. The molecule has 166 valence electrons. The van der Waals surface area contributed by atoms with Crippen LogP contribution in [0.15, 0.2) is 30.5 Å². The largest absolute Gasteiger partial charge is 0.380 e. The summed E-state index contributed by atoms with van der Waals surface area (Å²) < 4.78 is 11.3. The van der Waals surface area contributed by atoms with Gasteiger partial charge in [-0.15, -0.1) is 0 Å². The smallest absolute Gasteiger partial charge is 0.229 e. The predicted molar refractivity (Wildman–Crippen MR) is 124 cm³/mol. The molecule has 32 heavy (non-hydrogen) atoms. The van der Waals surface area contributed by atoms with Crippen LogP contribution in [0.2, 0.25) is 0 Å². The van der Waals surface area contributed by atoms with Gasteiger partial charge in [0, 0.05) is 48.9 Å². The summed E-state index contributed by atoms with van der Waals surface area (Å²) in [4.78, 5) is 26.2. The van der Waals surface area contributed by atoms with E-state index in [4.69, 9.17) is 24.4 Å². The zero-order chi connectivity index (χ0) is 21.5. The van der Waals surface area contributed by atoms with Crippen LogP contribution in [0, 0.1) is 0 Å². The molecule has 2 fully saturated rings. The van der Waals surface area contributed by atoms with Crippen molar-refractivity contribution in [3.63, 3.8) is 0 Å². The summed E-state index contributed by atoms with van der Waals surface area (Å²) in [6.07, 6.45) is 2.92. The van der Waals surface area contributed by atoms with E-state index in [-0.39, 0.29) is 6.04 Å². The minimum Gasteiger partial charge on any atom is -0.380 e. The van der Waals surface area contributed by atoms with E-state index in [1.165, 1.54) is 0 Å². The van der Waals surface area contributed by atoms with E-state index in [1.807, 2.05) is 12.3 Å². The Morgan fingerprint density at radius 1 is 1.00 bits per heavy atom. The summed E-state index contributed by atoms with van der Waals surface area (Å²) in [7, 11) is 0. The van der Waals surface area contributed by atoms with Crippen LogP contribution in [0.25, 0.3) is 33.5 Å². The zero-order valence-electron chi connectivity index (χ0n) is 18.2. The van der Waals surface area contributed by atoms with Gasteiger partial charge in [0.2, 0.25) is 5.95 Å². The molecule has 0 saturated carbocycles. The number of nitrogens with zero attached hydrogens (tertiary/aromatic N) is 5. The number of ether oxygens (including phenoxy) is 2. The second-order valence-electron chi connectivity index (χ2n) is 8.44. The van der Waals surface area contributed by atoms with E-state index in [1.54, 1.807) is 0 Å². The SMILES string of the molecule is C[C@@H]1COCCN1c1nc(N2CCCOCC2)nc2[nH]c(-c3cccc4[nH]ccc34)nc12. The zero-order valence-corrected chi connectivity index (χ0v) is 18.2. The van der Waals surface area contributed by atoms with Crippen LogP contribution in [0.3, 0.4) is 0 Å². The first-order chi connectivity index (χ1) is 15.8. The van der Waals surface area contributed by atoms with E-state index in [0.29, 0.717) is 19.8 Å². The van der Waals surface area contributed by atoms with E-state index in [0.717, 1.165) is 77.9 Å². The lowest BCUT2D eigenvalue weighted by atomic mass is 10.1. The molecule has 0 bridgehead atoms. The van der Waals surface area contributed by atoms with Gasteiger partial charge in [0.25, 0.3) is 0 Å². The molecule has 5 heterocycles. The van der Waals surface area contributed by atoms with Crippen molar-refractivity contribution in [1.29, 1.82) is 0 Å². The van der Waals surface area contributed by atoms with Crippen molar-refractivity contribution in [2.24, 2.45) is 0 Å². The van der Waals surface area contributed by atoms with Crippen molar-refractivity contribution in [2.75, 3.05) is 55.9 Å². The lowest BCUT2D eigenvalue weighted by molar-refractivity contribution is 0.0987. The van der Waals surface area contributed by atoms with Gasteiger partial charge in [-0.05, 0) is 25.5 Å². The summed E-state index contributed by atoms with van der Waals surface area (Å²) in [5.74, 6) is 2.40. The third-order valence-electron chi connectivity index (χ3n) is 6.31. The molecule has 1 aromatic carbocycles. The molecule has 6 rings (SSSR count). The van der Waals surface area contributed by atoms with Crippen molar-refractivity contribution in [3.05, 3.63) is 30.5 Å². The van der Waals surface area contributed by atoms with E-state index >= 15 is 0 Å². The summed E-state index contributed by atoms with van der Waals surface area (Å²) >= 11 is 0. The van der Waals surface area contributed by atoms with Gasteiger partial charge in [-0.2, -0.15) is 9.97 Å². The Bertz CT molecular complexity index is 1240. The maximum Gasteiger partial charge on any atom is 0.229 e. The Morgan fingerprint density at radius 2 is 1.94 bits per heavy atom. The maximum atomic E-state index is 5.68. The highest BCUT2D eigenvalue weighted by Gasteiger charge is 2.27. The second-order valence-corrected chi connectivity index (χ2v) is 8.44. The molecule has 2 saturated heterocycles. The van der Waals surface area contributed by atoms with Crippen LogP contribution in [-0.2, 0) is 9.47 Å². The van der Waals surface area contributed by atoms with Crippen LogP contribution in [0.4, 0.5) is 11.8 Å². The normalized spacial score (nSPS) is 20.2. The molecule has 3 aromatic heterocycles. The average Bonchev–Trinajstić information content (AvgIpc) is 3.38. The number of nitrogens with one attached hydrogen (secondary N) is 2. The Hall–Kier alpha value is -3.17. The average molecular weight is 434 g/mol. The van der Waals surface area contributed by atoms with Crippen molar-refractivity contribution < 1.29 is 9.47 Å². The highest BCUT2D eigenvalue weighted by atomic mass is 16.5. The van der Waals surface area contributed by atoms with Crippen LogP contribution >= 0.6 is 0 Å². The molecular formula is C23H27N7O2. The lowest BCUT2D eigenvalue weighted by Gasteiger charge is -2.34.